The van der Waals surface area contributed by atoms with E-state index in [2.05, 4.69) is 30.7 Å². The Morgan fingerprint density at radius 2 is 2.00 bits per heavy atom. The summed E-state index contributed by atoms with van der Waals surface area (Å²) in [5, 5.41) is 23.8. The molecule has 2 aromatic rings. The van der Waals surface area contributed by atoms with Gasteiger partial charge in [0.15, 0.2) is 0 Å². The molecule has 0 heterocycles. The third-order valence-corrected chi connectivity index (χ3v) is 7.07. The van der Waals surface area contributed by atoms with E-state index in [9.17, 15) is 32.8 Å². The summed E-state index contributed by atoms with van der Waals surface area (Å²) in [5.41, 5.74) is -1.20. The maximum atomic E-state index is 14.4. The van der Waals surface area contributed by atoms with Gasteiger partial charge >= 0.3 is 12.3 Å². The van der Waals surface area contributed by atoms with E-state index in [4.69, 9.17) is 11.6 Å². The molecule has 2 N–H and O–H groups in total. The standard InChI is InChI=1S/C21H21BrClF3N4O4S/c1-21(2,3)35(33)29-12(10-27)9-15(18-13(22)5-4-6-17(18)34-20(25)26)28-16-8-11(23)7-14(24)19(16)30(31)32/h4-8,12,15,20,28-29H,9H2,1-3H3/t12?,15-,35?/m1/s1. The van der Waals surface area contributed by atoms with Crippen LogP contribution in [0.2, 0.25) is 5.02 Å². The number of benzene rings is 2. The monoisotopic (exact) mass is 596 g/mol. The van der Waals surface area contributed by atoms with Crippen LogP contribution in [0.1, 0.15) is 38.8 Å². The molecule has 0 aliphatic carbocycles. The molecule has 0 bridgehead atoms. The van der Waals surface area contributed by atoms with Crippen LogP contribution >= 0.6 is 27.5 Å². The van der Waals surface area contributed by atoms with Gasteiger partial charge in [-0.1, -0.05) is 33.6 Å². The number of nitrogens with one attached hydrogen (secondary N) is 2. The van der Waals surface area contributed by atoms with Crippen LogP contribution in [-0.4, -0.2) is 26.5 Å². The molecule has 3 atom stereocenters. The normalized spacial score (nSPS) is 14.2. The number of halogens is 5. The number of anilines is 1. The molecule has 0 saturated heterocycles. The average Bonchev–Trinajstić information content (AvgIpc) is 2.70. The van der Waals surface area contributed by atoms with Gasteiger partial charge in [-0.2, -0.15) is 18.4 Å². The molecule has 0 aliphatic rings. The minimum atomic E-state index is -3.19. The fraction of sp³-hybridized carbons (Fsp3) is 0.381. The molecule has 0 saturated carbocycles. The van der Waals surface area contributed by atoms with Crippen LogP contribution in [0.25, 0.3) is 0 Å². The fourth-order valence-electron chi connectivity index (χ4n) is 3.02. The largest absolute Gasteiger partial charge is 0.434 e. The first-order valence-electron chi connectivity index (χ1n) is 9.95. The topological polar surface area (TPSA) is 117 Å². The van der Waals surface area contributed by atoms with Crippen LogP contribution < -0.4 is 14.8 Å². The van der Waals surface area contributed by atoms with Gasteiger partial charge < -0.3 is 10.1 Å². The summed E-state index contributed by atoms with van der Waals surface area (Å²) in [5.74, 6) is -1.51. The molecular formula is C21H21BrClF3N4O4S. The quantitative estimate of drug-likeness (QED) is 0.247. The van der Waals surface area contributed by atoms with E-state index in [0.29, 0.717) is 0 Å². The van der Waals surface area contributed by atoms with E-state index < -0.39 is 50.9 Å². The van der Waals surface area contributed by atoms with E-state index in [0.717, 1.165) is 12.1 Å². The van der Waals surface area contributed by atoms with Crippen LogP contribution in [0.3, 0.4) is 0 Å². The third kappa shape index (κ3) is 7.79. The average molecular weight is 598 g/mol. The van der Waals surface area contributed by atoms with Crippen molar-refractivity contribution in [2.45, 2.75) is 50.6 Å². The third-order valence-electron chi connectivity index (χ3n) is 4.55. The zero-order chi connectivity index (χ0) is 26.5. The van der Waals surface area contributed by atoms with Crippen LogP contribution in [0, 0.1) is 27.3 Å². The zero-order valence-electron chi connectivity index (χ0n) is 18.7. The molecule has 35 heavy (non-hydrogen) atoms. The Morgan fingerprint density at radius 1 is 1.34 bits per heavy atom. The van der Waals surface area contributed by atoms with Crippen LogP contribution in [0.15, 0.2) is 34.8 Å². The van der Waals surface area contributed by atoms with Crippen molar-refractivity contribution >= 4 is 49.9 Å². The Bertz CT molecular complexity index is 1160. The van der Waals surface area contributed by atoms with Crippen molar-refractivity contribution in [2.75, 3.05) is 5.32 Å². The number of alkyl halides is 2. The summed E-state index contributed by atoms with van der Waals surface area (Å²) in [6.07, 6.45) is -0.230. The van der Waals surface area contributed by atoms with Gasteiger partial charge in [-0.25, -0.2) is 8.93 Å². The molecule has 2 rings (SSSR count). The highest BCUT2D eigenvalue weighted by atomic mass is 79.9. The molecular weight excluding hydrogens is 577 g/mol. The van der Waals surface area contributed by atoms with Gasteiger partial charge in [0.2, 0.25) is 5.82 Å². The number of nitriles is 1. The molecule has 0 fully saturated rings. The van der Waals surface area contributed by atoms with E-state index >= 15 is 0 Å². The highest BCUT2D eigenvalue weighted by Crippen LogP contribution is 2.40. The number of nitro groups is 1. The predicted molar refractivity (Wildman–Crippen MR) is 130 cm³/mol. The van der Waals surface area contributed by atoms with Gasteiger partial charge in [0, 0.05) is 21.5 Å². The number of hydrogen-bond acceptors (Lipinski definition) is 6. The van der Waals surface area contributed by atoms with Gasteiger partial charge in [0.05, 0.1) is 32.8 Å². The maximum absolute atomic E-state index is 14.4. The summed E-state index contributed by atoms with van der Waals surface area (Å²) in [6.45, 7) is 1.85. The number of nitro benzene ring substituents is 1. The van der Waals surface area contributed by atoms with Gasteiger partial charge in [-0.3, -0.25) is 10.1 Å². The first-order chi connectivity index (χ1) is 16.2. The van der Waals surface area contributed by atoms with Crippen LogP contribution in [0.5, 0.6) is 5.75 Å². The van der Waals surface area contributed by atoms with Crippen molar-refractivity contribution in [1.29, 1.82) is 5.26 Å². The molecule has 0 aliphatic heterocycles. The first-order valence-corrected chi connectivity index (χ1v) is 12.3. The van der Waals surface area contributed by atoms with Crippen molar-refractivity contribution in [1.82, 2.24) is 4.72 Å². The second-order valence-electron chi connectivity index (χ2n) is 8.18. The lowest BCUT2D eigenvalue weighted by molar-refractivity contribution is -0.386. The number of nitrogens with zero attached hydrogens (tertiary/aromatic N) is 2. The molecule has 0 spiro atoms. The van der Waals surface area contributed by atoms with E-state index in [1.807, 2.05) is 6.07 Å². The molecule has 0 aromatic heterocycles. The van der Waals surface area contributed by atoms with Crippen molar-refractivity contribution in [3.63, 3.8) is 0 Å². The Balaban J connectivity index is 2.63. The number of hydrogen-bond donors (Lipinski definition) is 2. The van der Waals surface area contributed by atoms with Crippen molar-refractivity contribution < 1.29 is 27.0 Å². The molecule has 14 heteroatoms. The Kier molecular flexibility index (Phi) is 9.91. The lowest BCUT2D eigenvalue weighted by atomic mass is 9.98. The van der Waals surface area contributed by atoms with E-state index in [1.165, 1.54) is 18.2 Å². The summed E-state index contributed by atoms with van der Waals surface area (Å²) < 4.78 is 60.0. The zero-order valence-corrected chi connectivity index (χ0v) is 21.8. The molecule has 2 unspecified atom stereocenters. The molecule has 0 radical (unpaired) electrons. The van der Waals surface area contributed by atoms with Gasteiger partial charge in [0.1, 0.15) is 17.5 Å². The summed E-state index contributed by atoms with van der Waals surface area (Å²) >= 11 is 9.16. The van der Waals surface area contributed by atoms with Crippen molar-refractivity contribution in [2.24, 2.45) is 0 Å². The summed E-state index contributed by atoms with van der Waals surface area (Å²) in [4.78, 5) is 10.6. The second-order valence-corrected chi connectivity index (χ2v) is 11.5. The minimum Gasteiger partial charge on any atom is -0.434 e. The molecule has 190 valence electrons. The van der Waals surface area contributed by atoms with E-state index in [1.54, 1.807) is 20.8 Å². The predicted octanol–water partition coefficient (Wildman–Crippen LogP) is 6.24. The Hall–Kier alpha value is -2.40. The first kappa shape index (κ1) is 28.8. The number of ether oxygens (including phenoxy) is 1. The molecule has 8 nitrogen and oxygen atoms in total. The van der Waals surface area contributed by atoms with Crippen LogP contribution in [-0.2, 0) is 11.0 Å². The van der Waals surface area contributed by atoms with Gasteiger partial charge in [0.25, 0.3) is 0 Å². The molecule has 2 aromatic carbocycles. The SMILES string of the molecule is CC(C)(C)S(=O)NC(C#N)C[C@@H](Nc1cc(Cl)cc(F)c1[N+](=O)[O-])c1c(Br)cccc1OC(F)F. The lowest BCUT2D eigenvalue weighted by Crippen LogP contribution is -2.40. The summed E-state index contributed by atoms with van der Waals surface area (Å²) in [7, 11) is -1.68. The maximum Gasteiger partial charge on any atom is 0.387 e. The minimum absolute atomic E-state index is 0.0751. The fourth-order valence-corrected chi connectivity index (χ4v) is 4.61. The smallest absolute Gasteiger partial charge is 0.387 e. The Labute approximate surface area is 215 Å². The highest BCUT2D eigenvalue weighted by molar-refractivity contribution is 9.10. The van der Waals surface area contributed by atoms with Crippen molar-refractivity contribution in [3.05, 3.63) is 61.3 Å². The van der Waals surface area contributed by atoms with Crippen molar-refractivity contribution in [3.8, 4) is 11.8 Å². The second kappa shape index (κ2) is 12.0. The van der Waals surface area contributed by atoms with E-state index in [-0.39, 0.29) is 32.9 Å². The molecule has 0 amide bonds. The number of rotatable bonds is 10. The van der Waals surface area contributed by atoms with Gasteiger partial charge in [-0.05, 0) is 45.0 Å². The summed E-state index contributed by atoms with van der Waals surface area (Å²) in [6, 6.07) is 5.75. The highest BCUT2D eigenvalue weighted by Gasteiger charge is 2.31. The van der Waals surface area contributed by atoms with Crippen LogP contribution in [0.4, 0.5) is 24.5 Å². The lowest BCUT2D eigenvalue weighted by Gasteiger charge is -2.27. The Morgan fingerprint density at radius 3 is 2.54 bits per heavy atom. The van der Waals surface area contributed by atoms with Gasteiger partial charge in [-0.15, -0.1) is 0 Å².